The predicted molar refractivity (Wildman–Crippen MR) is 98.4 cm³/mol. The van der Waals surface area contributed by atoms with Gasteiger partial charge in [-0.25, -0.2) is 14.6 Å². The zero-order chi connectivity index (χ0) is 16.4. The van der Waals surface area contributed by atoms with E-state index in [-0.39, 0.29) is 5.56 Å². The normalized spacial score (nSPS) is 10.9. The lowest BCUT2D eigenvalue weighted by atomic mass is 10.2. The van der Waals surface area contributed by atoms with Crippen LogP contribution in [0.15, 0.2) is 51.1 Å². The van der Waals surface area contributed by atoms with Crippen LogP contribution in [0.1, 0.15) is 6.92 Å². The van der Waals surface area contributed by atoms with E-state index in [1.54, 1.807) is 36.2 Å². The van der Waals surface area contributed by atoms with Crippen molar-refractivity contribution >= 4 is 55.9 Å². The number of fused-ring (bicyclic) bond motifs is 1. The number of nitrogens with zero attached hydrogens (tertiary/aromatic N) is 3. The predicted octanol–water partition coefficient (Wildman–Crippen LogP) is 4.19. The molecule has 118 valence electrons. The van der Waals surface area contributed by atoms with Crippen LogP contribution in [-0.4, -0.2) is 20.4 Å². The van der Waals surface area contributed by atoms with Crippen LogP contribution in [0, 0.1) is 0 Å². The summed E-state index contributed by atoms with van der Waals surface area (Å²) in [5, 5.41) is 1.80. The van der Waals surface area contributed by atoms with Crippen LogP contribution in [0.2, 0.25) is 5.02 Å². The first-order chi connectivity index (χ1) is 11.1. The minimum Gasteiger partial charge on any atom is -0.287 e. The van der Waals surface area contributed by atoms with Gasteiger partial charge in [0.25, 0.3) is 5.56 Å². The number of aromatic nitrogens is 3. The molecule has 1 N–H and O–H groups in total. The van der Waals surface area contributed by atoms with E-state index in [9.17, 15) is 4.79 Å². The number of thioether (sulfide) groups is 1. The molecule has 0 saturated heterocycles. The Morgan fingerprint density at radius 3 is 3.00 bits per heavy atom. The van der Waals surface area contributed by atoms with Gasteiger partial charge in [-0.15, -0.1) is 11.8 Å². The Bertz CT molecular complexity index is 931. The molecule has 0 amide bonds. The lowest BCUT2D eigenvalue weighted by Crippen LogP contribution is -2.27. The SMILES string of the molecule is CCSc1ncc(Cl)cc1Nn1cnc2c(Br)cccc2c1=O. The summed E-state index contributed by atoms with van der Waals surface area (Å²) in [5.74, 6) is 0.862. The topological polar surface area (TPSA) is 59.8 Å². The third-order valence-corrected chi connectivity index (χ3v) is 4.81. The Morgan fingerprint density at radius 1 is 1.39 bits per heavy atom. The second-order valence-electron chi connectivity index (χ2n) is 4.61. The molecular weight excluding hydrogens is 400 g/mol. The second kappa shape index (κ2) is 6.90. The minimum absolute atomic E-state index is 0.191. The van der Waals surface area contributed by atoms with Gasteiger partial charge in [0, 0.05) is 10.7 Å². The molecule has 0 aliphatic rings. The van der Waals surface area contributed by atoms with Crippen molar-refractivity contribution in [2.24, 2.45) is 0 Å². The van der Waals surface area contributed by atoms with Crippen LogP contribution in [0.3, 0.4) is 0 Å². The Hall–Kier alpha value is -1.57. The van der Waals surface area contributed by atoms with Crippen molar-refractivity contribution in [2.45, 2.75) is 11.9 Å². The van der Waals surface area contributed by atoms with Crippen molar-refractivity contribution in [1.29, 1.82) is 0 Å². The molecule has 0 saturated carbocycles. The quantitative estimate of drug-likeness (QED) is 0.652. The highest BCUT2D eigenvalue weighted by molar-refractivity contribution is 9.10. The van der Waals surface area contributed by atoms with Gasteiger partial charge in [0.15, 0.2) is 0 Å². The van der Waals surface area contributed by atoms with Gasteiger partial charge in [0.2, 0.25) is 0 Å². The van der Waals surface area contributed by atoms with E-state index in [0.717, 1.165) is 15.3 Å². The zero-order valence-electron chi connectivity index (χ0n) is 12.1. The first-order valence-corrected chi connectivity index (χ1v) is 8.97. The van der Waals surface area contributed by atoms with Crippen molar-refractivity contribution in [1.82, 2.24) is 14.6 Å². The molecule has 0 radical (unpaired) electrons. The van der Waals surface area contributed by atoms with Gasteiger partial charge in [0.05, 0.1) is 21.6 Å². The monoisotopic (exact) mass is 410 g/mol. The van der Waals surface area contributed by atoms with E-state index >= 15 is 0 Å². The fourth-order valence-electron chi connectivity index (χ4n) is 2.08. The number of halogens is 2. The average Bonchev–Trinajstić information content (AvgIpc) is 2.53. The number of para-hydroxylation sites is 1. The summed E-state index contributed by atoms with van der Waals surface area (Å²) in [4.78, 5) is 21.2. The fraction of sp³-hybridized carbons (Fsp3) is 0.133. The molecule has 23 heavy (non-hydrogen) atoms. The smallest absolute Gasteiger partial charge is 0.280 e. The number of nitrogens with one attached hydrogen (secondary N) is 1. The molecule has 0 aliphatic carbocycles. The zero-order valence-corrected chi connectivity index (χ0v) is 15.2. The lowest BCUT2D eigenvalue weighted by Gasteiger charge is -2.13. The van der Waals surface area contributed by atoms with Gasteiger partial charge >= 0.3 is 0 Å². The number of hydrogen-bond acceptors (Lipinski definition) is 5. The molecule has 8 heteroatoms. The number of hydrogen-bond donors (Lipinski definition) is 1. The highest BCUT2D eigenvalue weighted by Gasteiger charge is 2.10. The summed E-state index contributed by atoms with van der Waals surface area (Å²) < 4.78 is 2.12. The van der Waals surface area contributed by atoms with Gasteiger partial charge < -0.3 is 0 Å². The van der Waals surface area contributed by atoms with E-state index < -0.39 is 0 Å². The van der Waals surface area contributed by atoms with Crippen molar-refractivity contribution in [2.75, 3.05) is 11.2 Å². The molecule has 1 aromatic carbocycles. The number of benzene rings is 1. The van der Waals surface area contributed by atoms with Gasteiger partial charge in [-0.05, 0) is 39.9 Å². The standard InChI is InChI=1S/C15H12BrClN4OS/c1-2-23-14-12(6-9(17)7-18-14)20-21-8-19-13-10(15(21)22)4-3-5-11(13)16/h3-8,20H,2H2,1H3. The van der Waals surface area contributed by atoms with Crippen LogP contribution in [0.5, 0.6) is 0 Å². The largest absolute Gasteiger partial charge is 0.287 e. The summed E-state index contributed by atoms with van der Waals surface area (Å²) in [6, 6.07) is 7.14. The van der Waals surface area contributed by atoms with Crippen molar-refractivity contribution < 1.29 is 0 Å². The molecule has 2 aromatic heterocycles. The summed E-state index contributed by atoms with van der Waals surface area (Å²) in [6.45, 7) is 2.03. The fourth-order valence-corrected chi connectivity index (χ4v) is 3.37. The summed E-state index contributed by atoms with van der Waals surface area (Å²) in [7, 11) is 0. The highest BCUT2D eigenvalue weighted by atomic mass is 79.9. The van der Waals surface area contributed by atoms with Gasteiger partial charge in [-0.2, -0.15) is 0 Å². The summed E-state index contributed by atoms with van der Waals surface area (Å²) in [6.07, 6.45) is 3.04. The average molecular weight is 412 g/mol. The first-order valence-electron chi connectivity index (χ1n) is 6.81. The van der Waals surface area contributed by atoms with Gasteiger partial charge in [-0.3, -0.25) is 10.2 Å². The molecule has 5 nitrogen and oxygen atoms in total. The Balaban J connectivity index is 2.07. The maximum Gasteiger partial charge on any atom is 0.280 e. The molecule has 3 aromatic rings. The molecule has 0 bridgehead atoms. The van der Waals surface area contributed by atoms with Crippen LogP contribution >= 0.6 is 39.3 Å². The van der Waals surface area contributed by atoms with E-state index in [0.29, 0.717) is 21.6 Å². The molecule has 2 heterocycles. The van der Waals surface area contributed by atoms with Crippen LogP contribution in [-0.2, 0) is 0 Å². The summed E-state index contributed by atoms with van der Waals surface area (Å²) in [5.41, 5.74) is 4.14. The van der Waals surface area contributed by atoms with Crippen LogP contribution < -0.4 is 11.0 Å². The Morgan fingerprint density at radius 2 is 2.22 bits per heavy atom. The maximum absolute atomic E-state index is 12.6. The van der Waals surface area contributed by atoms with Gasteiger partial charge in [0.1, 0.15) is 11.4 Å². The highest BCUT2D eigenvalue weighted by Crippen LogP contribution is 2.27. The minimum atomic E-state index is -0.191. The number of rotatable bonds is 4. The van der Waals surface area contributed by atoms with Crippen molar-refractivity contribution in [3.8, 4) is 0 Å². The molecule has 0 spiro atoms. The van der Waals surface area contributed by atoms with E-state index in [4.69, 9.17) is 11.6 Å². The maximum atomic E-state index is 12.6. The molecule has 0 unspecified atom stereocenters. The lowest BCUT2D eigenvalue weighted by molar-refractivity contribution is 0.867. The van der Waals surface area contributed by atoms with Gasteiger partial charge in [-0.1, -0.05) is 24.6 Å². The Kier molecular flexibility index (Phi) is 4.89. The van der Waals surface area contributed by atoms with Crippen molar-refractivity contribution in [3.05, 3.63) is 56.6 Å². The van der Waals surface area contributed by atoms with E-state index in [2.05, 4.69) is 31.3 Å². The molecule has 0 atom stereocenters. The Labute approximate surface area is 150 Å². The molecule has 0 aliphatic heterocycles. The summed E-state index contributed by atoms with van der Waals surface area (Å²) >= 11 is 11.0. The number of pyridine rings is 1. The van der Waals surface area contributed by atoms with E-state index in [1.165, 1.54) is 11.0 Å². The van der Waals surface area contributed by atoms with Crippen LogP contribution in [0.25, 0.3) is 10.9 Å². The number of anilines is 1. The van der Waals surface area contributed by atoms with Crippen LogP contribution in [0.4, 0.5) is 5.69 Å². The van der Waals surface area contributed by atoms with E-state index in [1.807, 2.05) is 13.0 Å². The first kappa shape index (κ1) is 16.3. The molecular formula is C15H12BrClN4OS. The third-order valence-electron chi connectivity index (χ3n) is 3.08. The van der Waals surface area contributed by atoms with Crippen molar-refractivity contribution in [3.63, 3.8) is 0 Å². The third kappa shape index (κ3) is 3.36. The molecule has 0 fully saturated rings. The molecule has 3 rings (SSSR count). The second-order valence-corrected chi connectivity index (χ2v) is 7.15.